The zero-order valence-electron chi connectivity index (χ0n) is 11.9. The van der Waals surface area contributed by atoms with Gasteiger partial charge in [0.2, 0.25) is 0 Å². The summed E-state index contributed by atoms with van der Waals surface area (Å²) in [6, 6.07) is 15.5. The SMILES string of the molecule is CO[C@@H](C(=O)NNC(=O)c1ccccc1Cl)c1ccccc1. The second kappa shape index (κ2) is 7.59. The first-order chi connectivity index (χ1) is 10.6. The molecule has 2 rings (SSSR count). The summed E-state index contributed by atoms with van der Waals surface area (Å²) in [5.41, 5.74) is 5.62. The van der Waals surface area contributed by atoms with Crippen molar-refractivity contribution in [3.05, 3.63) is 70.7 Å². The number of hydrazine groups is 1. The van der Waals surface area contributed by atoms with E-state index in [1.807, 2.05) is 6.07 Å². The Kier molecular flexibility index (Phi) is 5.52. The fourth-order valence-corrected chi connectivity index (χ4v) is 2.14. The molecule has 0 saturated heterocycles. The Morgan fingerprint density at radius 2 is 1.64 bits per heavy atom. The van der Waals surface area contributed by atoms with E-state index in [0.29, 0.717) is 10.6 Å². The monoisotopic (exact) mass is 318 g/mol. The summed E-state index contributed by atoms with van der Waals surface area (Å²) in [6.45, 7) is 0. The standard InChI is InChI=1S/C16H15ClN2O3/c1-22-14(11-7-3-2-4-8-11)16(21)19-18-15(20)12-9-5-6-10-13(12)17/h2-10,14H,1H3,(H,18,20)(H,19,21)/t14-/m1/s1. The number of benzene rings is 2. The Morgan fingerprint density at radius 1 is 1.00 bits per heavy atom. The third kappa shape index (κ3) is 3.84. The zero-order valence-corrected chi connectivity index (χ0v) is 12.6. The molecule has 0 aliphatic heterocycles. The fraction of sp³-hybridized carbons (Fsp3) is 0.125. The number of halogens is 1. The van der Waals surface area contributed by atoms with Crippen LogP contribution in [0.2, 0.25) is 5.02 Å². The van der Waals surface area contributed by atoms with Gasteiger partial charge in [0.1, 0.15) is 0 Å². The molecule has 0 heterocycles. The van der Waals surface area contributed by atoms with Crippen molar-refractivity contribution in [3.8, 4) is 0 Å². The topological polar surface area (TPSA) is 67.4 Å². The van der Waals surface area contributed by atoms with Gasteiger partial charge in [0.25, 0.3) is 11.8 Å². The van der Waals surface area contributed by atoms with Crippen LogP contribution in [0.25, 0.3) is 0 Å². The van der Waals surface area contributed by atoms with Crippen LogP contribution in [0.1, 0.15) is 22.0 Å². The molecule has 0 spiro atoms. The van der Waals surface area contributed by atoms with E-state index in [0.717, 1.165) is 0 Å². The number of ether oxygens (including phenoxy) is 1. The van der Waals surface area contributed by atoms with Crippen molar-refractivity contribution >= 4 is 23.4 Å². The minimum absolute atomic E-state index is 0.276. The number of methoxy groups -OCH3 is 1. The van der Waals surface area contributed by atoms with Crippen molar-refractivity contribution in [3.63, 3.8) is 0 Å². The van der Waals surface area contributed by atoms with E-state index in [1.165, 1.54) is 7.11 Å². The van der Waals surface area contributed by atoms with Gasteiger partial charge in [0.15, 0.2) is 6.10 Å². The van der Waals surface area contributed by atoms with E-state index >= 15 is 0 Å². The Hall–Kier alpha value is -2.37. The molecule has 0 bridgehead atoms. The zero-order chi connectivity index (χ0) is 15.9. The van der Waals surface area contributed by atoms with Crippen LogP contribution >= 0.6 is 11.6 Å². The first-order valence-electron chi connectivity index (χ1n) is 6.56. The average molecular weight is 319 g/mol. The van der Waals surface area contributed by atoms with Crippen molar-refractivity contribution in [2.24, 2.45) is 0 Å². The summed E-state index contributed by atoms with van der Waals surface area (Å²) in [6.07, 6.45) is -0.812. The molecule has 2 aromatic rings. The van der Waals surface area contributed by atoms with Gasteiger partial charge in [-0.3, -0.25) is 20.4 Å². The summed E-state index contributed by atoms with van der Waals surface area (Å²) in [4.78, 5) is 24.1. The highest BCUT2D eigenvalue weighted by Crippen LogP contribution is 2.16. The fourth-order valence-electron chi connectivity index (χ4n) is 1.92. The summed E-state index contributed by atoms with van der Waals surface area (Å²) < 4.78 is 5.17. The van der Waals surface area contributed by atoms with Crippen molar-refractivity contribution in [2.75, 3.05) is 7.11 Å². The van der Waals surface area contributed by atoms with E-state index in [1.54, 1.807) is 48.5 Å². The number of nitrogens with one attached hydrogen (secondary N) is 2. The lowest BCUT2D eigenvalue weighted by molar-refractivity contribution is -0.132. The predicted octanol–water partition coefficient (Wildman–Crippen LogP) is 2.49. The van der Waals surface area contributed by atoms with Crippen LogP contribution < -0.4 is 10.9 Å². The molecular weight excluding hydrogens is 304 g/mol. The number of carbonyl (C=O) groups excluding carboxylic acids is 2. The van der Waals surface area contributed by atoms with Gasteiger partial charge < -0.3 is 4.74 Å². The molecule has 22 heavy (non-hydrogen) atoms. The number of hydrogen-bond donors (Lipinski definition) is 2. The Labute approximate surface area is 133 Å². The molecule has 0 fully saturated rings. The maximum Gasteiger partial charge on any atom is 0.272 e. The van der Waals surface area contributed by atoms with Gasteiger partial charge in [-0.15, -0.1) is 0 Å². The van der Waals surface area contributed by atoms with Gasteiger partial charge in [-0.05, 0) is 17.7 Å². The Balaban J connectivity index is 2.00. The molecule has 0 aliphatic rings. The predicted molar refractivity (Wildman–Crippen MR) is 83.3 cm³/mol. The largest absolute Gasteiger partial charge is 0.367 e. The molecule has 2 N–H and O–H groups in total. The van der Waals surface area contributed by atoms with Crippen LogP contribution in [0.15, 0.2) is 54.6 Å². The highest BCUT2D eigenvalue weighted by molar-refractivity contribution is 6.33. The van der Waals surface area contributed by atoms with E-state index in [2.05, 4.69) is 10.9 Å². The number of hydrogen-bond acceptors (Lipinski definition) is 3. The van der Waals surface area contributed by atoms with Gasteiger partial charge in [0, 0.05) is 7.11 Å². The van der Waals surface area contributed by atoms with E-state index < -0.39 is 17.9 Å². The average Bonchev–Trinajstić information content (AvgIpc) is 2.55. The maximum absolute atomic E-state index is 12.1. The normalized spacial score (nSPS) is 11.5. The van der Waals surface area contributed by atoms with Gasteiger partial charge in [-0.1, -0.05) is 54.1 Å². The summed E-state index contributed by atoms with van der Waals surface area (Å²) in [5.74, 6) is -0.976. The third-order valence-electron chi connectivity index (χ3n) is 2.99. The Morgan fingerprint density at radius 3 is 2.27 bits per heavy atom. The molecule has 6 heteroatoms. The summed E-state index contributed by atoms with van der Waals surface area (Å²) in [5, 5.41) is 0.306. The van der Waals surface area contributed by atoms with Gasteiger partial charge >= 0.3 is 0 Å². The molecule has 0 saturated carbocycles. The summed E-state index contributed by atoms with van der Waals surface area (Å²) >= 11 is 5.92. The minimum Gasteiger partial charge on any atom is -0.367 e. The van der Waals surface area contributed by atoms with E-state index in [9.17, 15) is 9.59 Å². The molecule has 0 unspecified atom stereocenters. The molecule has 0 aromatic heterocycles. The lowest BCUT2D eigenvalue weighted by Gasteiger charge is -2.16. The molecule has 1 atom stereocenters. The first-order valence-corrected chi connectivity index (χ1v) is 6.93. The van der Waals surface area contributed by atoms with Crippen LogP contribution in [-0.2, 0) is 9.53 Å². The van der Waals surface area contributed by atoms with Gasteiger partial charge in [-0.2, -0.15) is 0 Å². The van der Waals surface area contributed by atoms with Gasteiger partial charge in [0.05, 0.1) is 10.6 Å². The molecule has 2 amide bonds. The van der Waals surface area contributed by atoms with Crippen LogP contribution in [0.5, 0.6) is 0 Å². The Bertz CT molecular complexity index is 661. The molecular formula is C16H15ClN2O3. The maximum atomic E-state index is 12.1. The van der Waals surface area contributed by atoms with Crippen molar-refractivity contribution in [2.45, 2.75) is 6.10 Å². The smallest absolute Gasteiger partial charge is 0.272 e. The van der Waals surface area contributed by atoms with Crippen LogP contribution in [0.4, 0.5) is 0 Å². The van der Waals surface area contributed by atoms with Crippen molar-refractivity contribution in [1.29, 1.82) is 0 Å². The number of carbonyl (C=O) groups is 2. The van der Waals surface area contributed by atoms with Crippen molar-refractivity contribution < 1.29 is 14.3 Å². The number of rotatable bonds is 4. The molecule has 0 radical (unpaired) electrons. The molecule has 5 nitrogen and oxygen atoms in total. The van der Waals surface area contributed by atoms with E-state index in [4.69, 9.17) is 16.3 Å². The molecule has 2 aromatic carbocycles. The van der Waals surface area contributed by atoms with Crippen LogP contribution in [0.3, 0.4) is 0 Å². The molecule has 114 valence electrons. The highest BCUT2D eigenvalue weighted by Gasteiger charge is 2.20. The van der Waals surface area contributed by atoms with Crippen LogP contribution in [0, 0.1) is 0 Å². The second-order valence-corrected chi connectivity index (χ2v) is 4.86. The first kappa shape index (κ1) is 16.0. The van der Waals surface area contributed by atoms with Crippen LogP contribution in [-0.4, -0.2) is 18.9 Å². The number of amides is 2. The quantitative estimate of drug-likeness (QED) is 0.851. The third-order valence-corrected chi connectivity index (χ3v) is 3.32. The second-order valence-electron chi connectivity index (χ2n) is 4.45. The van der Waals surface area contributed by atoms with Crippen molar-refractivity contribution in [1.82, 2.24) is 10.9 Å². The van der Waals surface area contributed by atoms with E-state index in [-0.39, 0.29) is 5.56 Å². The van der Waals surface area contributed by atoms with Gasteiger partial charge in [-0.25, -0.2) is 0 Å². The minimum atomic E-state index is -0.812. The lowest BCUT2D eigenvalue weighted by Crippen LogP contribution is -2.44. The summed E-state index contributed by atoms with van der Waals surface area (Å²) in [7, 11) is 1.42. The molecule has 0 aliphatic carbocycles. The lowest BCUT2D eigenvalue weighted by atomic mass is 10.1. The highest BCUT2D eigenvalue weighted by atomic mass is 35.5.